The van der Waals surface area contributed by atoms with Crippen molar-refractivity contribution in [3.05, 3.63) is 75.4 Å². The van der Waals surface area contributed by atoms with E-state index in [1.165, 1.54) is 24.3 Å². The molecule has 0 saturated carbocycles. The molecule has 0 fully saturated rings. The number of carbonyl (C=O) groups excluding carboxylic acids is 1. The number of aryl methyl sites for hydroxylation is 2. The van der Waals surface area contributed by atoms with Crippen LogP contribution in [-0.2, 0) is 11.2 Å². The van der Waals surface area contributed by atoms with Gasteiger partial charge in [-0.25, -0.2) is 0 Å². The van der Waals surface area contributed by atoms with E-state index in [0.29, 0.717) is 34.8 Å². The molecular weight excluding hydrogens is 438 g/mol. The average molecular weight is 456 g/mol. The predicted octanol–water partition coefficient (Wildman–Crippen LogP) is 5.08. The van der Waals surface area contributed by atoms with E-state index in [2.05, 4.69) is 5.16 Å². The Labute approximate surface area is 187 Å². The summed E-state index contributed by atoms with van der Waals surface area (Å²) in [6.07, 6.45) is 0.369. The summed E-state index contributed by atoms with van der Waals surface area (Å²) in [7, 11) is 1.57. The maximum Gasteiger partial charge on any atom is 0.311 e. The number of benzene rings is 2. The number of ether oxygens (including phenoxy) is 3. The number of fused-ring (bicyclic) bond motifs is 1. The van der Waals surface area contributed by atoms with E-state index in [9.17, 15) is 9.59 Å². The summed E-state index contributed by atoms with van der Waals surface area (Å²) >= 11 is 5.68. The molecule has 0 saturated heterocycles. The van der Waals surface area contributed by atoms with Gasteiger partial charge in [0, 0.05) is 18.6 Å². The number of methoxy groups -OCH3 is 1. The van der Waals surface area contributed by atoms with Crippen molar-refractivity contribution in [1.29, 1.82) is 0 Å². The molecule has 0 aliphatic heterocycles. The van der Waals surface area contributed by atoms with Crippen LogP contribution in [0.15, 0.2) is 62.3 Å². The first-order chi connectivity index (χ1) is 15.4. The standard InChI is InChI=1S/C23H18ClNO7/c1-13-23(31-15-5-3-14(28-2)4-6-15)22(27)18-9-7-16(11-19(18)29-13)30-21(26)10-8-17-12-20(24)25-32-17/h3-7,9,11-12H,8,10H2,1-2H3. The van der Waals surface area contributed by atoms with Crippen molar-refractivity contribution in [2.75, 3.05) is 7.11 Å². The van der Waals surface area contributed by atoms with Crippen LogP contribution in [0.3, 0.4) is 0 Å². The molecule has 0 spiro atoms. The third-order valence-corrected chi connectivity index (χ3v) is 4.78. The second-order valence-electron chi connectivity index (χ2n) is 6.84. The first kappa shape index (κ1) is 21.5. The van der Waals surface area contributed by atoms with Crippen molar-refractivity contribution in [3.8, 4) is 23.0 Å². The fraction of sp³-hybridized carbons (Fsp3) is 0.174. The third-order valence-electron chi connectivity index (χ3n) is 4.60. The lowest BCUT2D eigenvalue weighted by Crippen LogP contribution is -2.10. The van der Waals surface area contributed by atoms with E-state index in [-0.39, 0.29) is 34.1 Å². The molecule has 4 rings (SSSR count). The van der Waals surface area contributed by atoms with Gasteiger partial charge >= 0.3 is 5.97 Å². The minimum Gasteiger partial charge on any atom is -0.497 e. The van der Waals surface area contributed by atoms with Crippen molar-refractivity contribution in [1.82, 2.24) is 5.16 Å². The first-order valence-corrected chi connectivity index (χ1v) is 10.0. The lowest BCUT2D eigenvalue weighted by Gasteiger charge is -2.10. The molecule has 2 aromatic carbocycles. The largest absolute Gasteiger partial charge is 0.497 e. The Bertz CT molecular complexity index is 1320. The van der Waals surface area contributed by atoms with E-state index >= 15 is 0 Å². The zero-order valence-corrected chi connectivity index (χ0v) is 18.0. The number of carbonyl (C=O) groups is 1. The Morgan fingerprint density at radius 3 is 2.47 bits per heavy atom. The van der Waals surface area contributed by atoms with Gasteiger partial charge in [-0.3, -0.25) is 9.59 Å². The van der Waals surface area contributed by atoms with E-state index in [4.69, 9.17) is 34.8 Å². The van der Waals surface area contributed by atoms with E-state index in [1.807, 2.05) is 0 Å². The first-order valence-electron chi connectivity index (χ1n) is 9.64. The molecular formula is C23H18ClNO7. The summed E-state index contributed by atoms with van der Waals surface area (Å²) in [6.45, 7) is 1.63. The summed E-state index contributed by atoms with van der Waals surface area (Å²) in [6, 6.07) is 12.9. The lowest BCUT2D eigenvalue weighted by molar-refractivity contribution is -0.134. The highest BCUT2D eigenvalue weighted by Gasteiger charge is 2.16. The Hall–Kier alpha value is -3.78. The number of esters is 1. The van der Waals surface area contributed by atoms with E-state index in [1.54, 1.807) is 38.3 Å². The summed E-state index contributed by atoms with van der Waals surface area (Å²) in [5.41, 5.74) is -0.0541. The monoisotopic (exact) mass is 455 g/mol. The van der Waals surface area contributed by atoms with E-state index in [0.717, 1.165) is 0 Å². The van der Waals surface area contributed by atoms with Crippen LogP contribution in [-0.4, -0.2) is 18.2 Å². The van der Waals surface area contributed by atoms with Crippen molar-refractivity contribution in [2.45, 2.75) is 19.8 Å². The molecule has 8 nitrogen and oxygen atoms in total. The number of hydrogen-bond acceptors (Lipinski definition) is 8. The normalized spacial score (nSPS) is 10.8. The second kappa shape index (κ2) is 9.15. The van der Waals surface area contributed by atoms with Crippen LogP contribution < -0.4 is 19.6 Å². The zero-order chi connectivity index (χ0) is 22.7. The quantitative estimate of drug-likeness (QED) is 0.281. The number of rotatable bonds is 7. The van der Waals surface area contributed by atoms with Crippen LogP contribution in [0.5, 0.6) is 23.0 Å². The van der Waals surface area contributed by atoms with Crippen molar-refractivity contribution < 1.29 is 27.9 Å². The summed E-state index contributed by atoms with van der Waals surface area (Å²) < 4.78 is 26.9. The lowest BCUT2D eigenvalue weighted by atomic mass is 10.2. The van der Waals surface area contributed by atoms with Gasteiger partial charge in [-0.05, 0) is 43.3 Å². The number of hydrogen-bond donors (Lipinski definition) is 0. The van der Waals surface area contributed by atoms with Gasteiger partial charge in [0.05, 0.1) is 18.9 Å². The SMILES string of the molecule is COc1ccc(Oc2c(C)oc3cc(OC(=O)CCc4cc(Cl)no4)ccc3c2=O)cc1. The van der Waals surface area contributed by atoms with Crippen LogP contribution in [0.1, 0.15) is 17.9 Å². The highest BCUT2D eigenvalue weighted by molar-refractivity contribution is 6.29. The van der Waals surface area contributed by atoms with Crippen molar-refractivity contribution >= 4 is 28.5 Å². The molecule has 0 aliphatic carbocycles. The summed E-state index contributed by atoms with van der Waals surface area (Å²) in [5.74, 6) is 1.78. The molecule has 0 bridgehead atoms. The van der Waals surface area contributed by atoms with Gasteiger partial charge in [-0.2, -0.15) is 0 Å². The van der Waals surface area contributed by atoms with Crippen molar-refractivity contribution in [2.24, 2.45) is 0 Å². The average Bonchev–Trinajstić information content (AvgIpc) is 3.20. The zero-order valence-electron chi connectivity index (χ0n) is 17.2. The Morgan fingerprint density at radius 1 is 1.06 bits per heavy atom. The fourth-order valence-corrected chi connectivity index (χ4v) is 3.18. The van der Waals surface area contributed by atoms with Gasteiger partial charge in [0.2, 0.25) is 11.2 Å². The summed E-state index contributed by atoms with van der Waals surface area (Å²) in [4.78, 5) is 25.1. The molecule has 2 aromatic heterocycles. The van der Waals surface area contributed by atoms with Crippen LogP contribution >= 0.6 is 11.6 Å². The fourth-order valence-electron chi connectivity index (χ4n) is 3.02. The van der Waals surface area contributed by atoms with Gasteiger partial charge in [-0.15, -0.1) is 0 Å². The topological polar surface area (TPSA) is 101 Å². The van der Waals surface area contributed by atoms with E-state index < -0.39 is 5.97 Å². The molecule has 0 N–H and O–H groups in total. The van der Waals surface area contributed by atoms with Crippen molar-refractivity contribution in [3.63, 3.8) is 0 Å². The summed E-state index contributed by atoms with van der Waals surface area (Å²) in [5, 5.41) is 4.08. The minimum absolute atomic E-state index is 0.0706. The van der Waals surface area contributed by atoms with Gasteiger partial charge in [0.1, 0.15) is 34.4 Å². The molecule has 9 heteroatoms. The molecule has 4 aromatic rings. The van der Waals surface area contributed by atoms with Gasteiger partial charge in [-0.1, -0.05) is 16.8 Å². The van der Waals surface area contributed by atoms with Gasteiger partial charge in [0.25, 0.3) is 0 Å². The molecule has 0 aliphatic rings. The molecule has 2 heterocycles. The third kappa shape index (κ3) is 4.76. The number of aromatic nitrogens is 1. The molecule has 0 radical (unpaired) electrons. The highest BCUT2D eigenvalue weighted by atomic mass is 35.5. The van der Waals surface area contributed by atoms with Gasteiger partial charge < -0.3 is 23.2 Å². The molecule has 0 atom stereocenters. The number of nitrogens with zero attached hydrogens (tertiary/aromatic N) is 1. The molecule has 0 amide bonds. The second-order valence-corrected chi connectivity index (χ2v) is 7.23. The highest BCUT2D eigenvalue weighted by Crippen LogP contribution is 2.28. The Morgan fingerprint density at radius 2 is 1.78 bits per heavy atom. The maximum atomic E-state index is 12.9. The molecule has 0 unspecified atom stereocenters. The Balaban J connectivity index is 1.51. The molecule has 164 valence electrons. The van der Waals surface area contributed by atoms with Crippen LogP contribution in [0.2, 0.25) is 5.15 Å². The van der Waals surface area contributed by atoms with Crippen LogP contribution in [0.4, 0.5) is 0 Å². The van der Waals surface area contributed by atoms with Crippen LogP contribution in [0, 0.1) is 6.92 Å². The Kier molecular flexibility index (Phi) is 6.13. The van der Waals surface area contributed by atoms with Gasteiger partial charge in [0.15, 0.2) is 5.15 Å². The minimum atomic E-state index is -0.476. The smallest absolute Gasteiger partial charge is 0.311 e. The predicted molar refractivity (Wildman–Crippen MR) is 116 cm³/mol. The van der Waals surface area contributed by atoms with Crippen LogP contribution in [0.25, 0.3) is 11.0 Å². The number of halogens is 1. The molecule has 32 heavy (non-hydrogen) atoms. The maximum absolute atomic E-state index is 12.9.